The molecule has 2 unspecified atom stereocenters. The molecule has 2 atom stereocenters. The predicted octanol–water partition coefficient (Wildman–Crippen LogP) is 2.67. The van der Waals surface area contributed by atoms with Crippen LogP contribution in [0.1, 0.15) is 45.4 Å². The monoisotopic (exact) mass is 210 g/mol. The zero-order chi connectivity index (χ0) is 10.9. The molecule has 2 nitrogen and oxygen atoms in total. The van der Waals surface area contributed by atoms with Crippen LogP contribution in [-0.2, 0) is 0 Å². The van der Waals surface area contributed by atoms with Gasteiger partial charge < -0.3 is 10.6 Å². The molecule has 0 saturated heterocycles. The van der Waals surface area contributed by atoms with E-state index in [2.05, 4.69) is 36.9 Å². The first-order valence-corrected chi connectivity index (χ1v) is 6.45. The molecule has 1 saturated carbocycles. The van der Waals surface area contributed by atoms with Crippen LogP contribution in [-0.4, -0.2) is 19.6 Å². The maximum Gasteiger partial charge on any atom is 0.0141 e. The molecule has 1 rings (SSSR count). The van der Waals surface area contributed by atoms with Crippen LogP contribution in [0, 0.1) is 5.92 Å². The largest absolute Gasteiger partial charge is 0.391 e. The Kier molecular flexibility index (Phi) is 6.49. The zero-order valence-corrected chi connectivity index (χ0v) is 10.3. The van der Waals surface area contributed by atoms with Crippen LogP contribution in [0.4, 0.5) is 0 Å². The van der Waals surface area contributed by atoms with E-state index in [9.17, 15) is 0 Å². The zero-order valence-electron chi connectivity index (χ0n) is 10.3. The molecule has 0 spiro atoms. The third kappa shape index (κ3) is 4.70. The van der Waals surface area contributed by atoms with E-state index in [4.69, 9.17) is 0 Å². The van der Waals surface area contributed by atoms with Crippen molar-refractivity contribution in [1.29, 1.82) is 0 Å². The van der Waals surface area contributed by atoms with Crippen molar-refractivity contribution < 1.29 is 0 Å². The molecule has 0 aromatic rings. The number of rotatable bonds is 7. The van der Waals surface area contributed by atoms with Crippen LogP contribution in [0.25, 0.3) is 0 Å². The molecule has 1 aliphatic carbocycles. The average molecular weight is 210 g/mol. The Labute approximate surface area is 94.5 Å². The van der Waals surface area contributed by atoms with E-state index >= 15 is 0 Å². The van der Waals surface area contributed by atoms with Gasteiger partial charge in [0.2, 0.25) is 0 Å². The fourth-order valence-corrected chi connectivity index (χ4v) is 2.33. The summed E-state index contributed by atoms with van der Waals surface area (Å²) < 4.78 is 0. The molecule has 2 heteroatoms. The molecule has 1 fully saturated rings. The molecular weight excluding hydrogens is 184 g/mol. The Morgan fingerprint density at radius 1 is 1.27 bits per heavy atom. The molecule has 0 aromatic heterocycles. The third-order valence-electron chi connectivity index (χ3n) is 3.33. The van der Waals surface area contributed by atoms with Crippen molar-refractivity contribution in [3.8, 4) is 0 Å². The minimum atomic E-state index is 0.707. The Balaban J connectivity index is 2.08. The molecule has 0 bridgehead atoms. The number of nitrogens with one attached hydrogen (secondary N) is 2. The van der Waals surface area contributed by atoms with Gasteiger partial charge in [-0.05, 0) is 38.4 Å². The average Bonchev–Trinajstić information content (AvgIpc) is 2.70. The lowest BCUT2D eigenvalue weighted by atomic mass is 10.0. The second-order valence-corrected chi connectivity index (χ2v) is 4.51. The summed E-state index contributed by atoms with van der Waals surface area (Å²) in [4.78, 5) is 0. The van der Waals surface area contributed by atoms with E-state index in [-0.39, 0.29) is 0 Å². The van der Waals surface area contributed by atoms with Crippen molar-refractivity contribution in [3.05, 3.63) is 12.3 Å². The van der Waals surface area contributed by atoms with Gasteiger partial charge in [0.25, 0.3) is 0 Å². The van der Waals surface area contributed by atoms with E-state index in [1.807, 2.05) is 0 Å². The van der Waals surface area contributed by atoms with E-state index in [0.29, 0.717) is 6.04 Å². The highest BCUT2D eigenvalue weighted by molar-refractivity contribution is 4.96. The summed E-state index contributed by atoms with van der Waals surface area (Å²) in [6, 6.07) is 0.707. The quantitative estimate of drug-likeness (QED) is 0.631. The molecule has 0 aromatic carbocycles. The maximum absolute atomic E-state index is 3.40. The lowest BCUT2D eigenvalue weighted by Crippen LogP contribution is -2.27. The van der Waals surface area contributed by atoms with E-state index in [0.717, 1.165) is 12.5 Å². The highest BCUT2D eigenvalue weighted by Crippen LogP contribution is 2.26. The predicted molar refractivity (Wildman–Crippen MR) is 66.9 cm³/mol. The van der Waals surface area contributed by atoms with Crippen LogP contribution in [0.5, 0.6) is 0 Å². The van der Waals surface area contributed by atoms with Crippen LogP contribution in [0.3, 0.4) is 0 Å². The van der Waals surface area contributed by atoms with Crippen molar-refractivity contribution in [2.45, 2.75) is 51.5 Å². The Hall–Kier alpha value is -0.500. The normalized spacial score (nSPS) is 26.3. The van der Waals surface area contributed by atoms with Gasteiger partial charge in [0, 0.05) is 12.6 Å². The molecule has 0 radical (unpaired) electrons. The summed E-state index contributed by atoms with van der Waals surface area (Å²) in [5.41, 5.74) is 0. The van der Waals surface area contributed by atoms with Crippen molar-refractivity contribution in [2.75, 3.05) is 13.6 Å². The summed E-state index contributed by atoms with van der Waals surface area (Å²) >= 11 is 0. The second kappa shape index (κ2) is 7.75. The number of hydrogen-bond acceptors (Lipinski definition) is 2. The van der Waals surface area contributed by atoms with E-state index in [1.54, 1.807) is 0 Å². The van der Waals surface area contributed by atoms with Gasteiger partial charge in [0.15, 0.2) is 0 Å². The van der Waals surface area contributed by atoms with E-state index in [1.165, 1.54) is 38.5 Å². The van der Waals surface area contributed by atoms with Gasteiger partial charge in [-0.1, -0.05) is 32.3 Å². The maximum atomic E-state index is 3.40. The molecule has 1 aliphatic rings. The lowest BCUT2D eigenvalue weighted by Gasteiger charge is -2.14. The minimum Gasteiger partial charge on any atom is -0.391 e. The summed E-state index contributed by atoms with van der Waals surface area (Å²) in [6.07, 6.45) is 12.5. The van der Waals surface area contributed by atoms with Crippen molar-refractivity contribution >= 4 is 0 Å². The van der Waals surface area contributed by atoms with Gasteiger partial charge in [0.1, 0.15) is 0 Å². The van der Waals surface area contributed by atoms with Gasteiger partial charge in [-0.3, -0.25) is 0 Å². The standard InChI is InChI=1S/C13H26N2/c1-3-4-5-10-15-11-9-12-7-6-8-13(12)14-2/h9,11-15H,3-8,10H2,1-2H3. The topological polar surface area (TPSA) is 24.1 Å². The fourth-order valence-electron chi connectivity index (χ4n) is 2.33. The number of hydrogen-bond donors (Lipinski definition) is 2. The summed E-state index contributed by atoms with van der Waals surface area (Å²) in [5.74, 6) is 0.744. The third-order valence-corrected chi connectivity index (χ3v) is 3.33. The van der Waals surface area contributed by atoms with Crippen LogP contribution in [0.15, 0.2) is 12.3 Å². The van der Waals surface area contributed by atoms with Gasteiger partial charge in [-0.2, -0.15) is 0 Å². The van der Waals surface area contributed by atoms with Crippen LogP contribution in [0.2, 0.25) is 0 Å². The smallest absolute Gasteiger partial charge is 0.0141 e. The number of unbranched alkanes of at least 4 members (excludes halogenated alkanes) is 2. The molecule has 88 valence electrons. The van der Waals surface area contributed by atoms with E-state index < -0.39 is 0 Å². The molecule has 2 N–H and O–H groups in total. The summed E-state index contributed by atoms with van der Waals surface area (Å²) in [6.45, 7) is 3.37. The lowest BCUT2D eigenvalue weighted by molar-refractivity contribution is 0.496. The highest BCUT2D eigenvalue weighted by Gasteiger charge is 2.22. The Bertz CT molecular complexity index is 177. The van der Waals surface area contributed by atoms with Gasteiger partial charge in [-0.15, -0.1) is 0 Å². The Morgan fingerprint density at radius 3 is 2.87 bits per heavy atom. The fraction of sp³-hybridized carbons (Fsp3) is 0.846. The first-order valence-electron chi connectivity index (χ1n) is 6.45. The minimum absolute atomic E-state index is 0.707. The van der Waals surface area contributed by atoms with Crippen molar-refractivity contribution in [3.63, 3.8) is 0 Å². The first kappa shape index (κ1) is 12.6. The summed E-state index contributed by atoms with van der Waals surface area (Å²) in [5, 5.41) is 6.78. The van der Waals surface area contributed by atoms with Crippen molar-refractivity contribution in [1.82, 2.24) is 10.6 Å². The van der Waals surface area contributed by atoms with Crippen LogP contribution >= 0.6 is 0 Å². The molecule has 0 aliphatic heterocycles. The second-order valence-electron chi connectivity index (χ2n) is 4.51. The van der Waals surface area contributed by atoms with Crippen molar-refractivity contribution in [2.24, 2.45) is 5.92 Å². The van der Waals surface area contributed by atoms with Gasteiger partial charge >= 0.3 is 0 Å². The molecule has 0 amide bonds. The SMILES string of the molecule is CCCCCNC=CC1CCCC1NC. The Morgan fingerprint density at radius 2 is 2.13 bits per heavy atom. The molecule has 0 heterocycles. The van der Waals surface area contributed by atoms with Crippen LogP contribution < -0.4 is 10.6 Å². The van der Waals surface area contributed by atoms with Gasteiger partial charge in [0.05, 0.1) is 0 Å². The molecule has 15 heavy (non-hydrogen) atoms. The summed E-state index contributed by atoms with van der Waals surface area (Å²) in [7, 11) is 2.07. The highest BCUT2D eigenvalue weighted by atomic mass is 14.9. The first-order chi connectivity index (χ1) is 7.38. The molecular formula is C13H26N2. The van der Waals surface area contributed by atoms with Gasteiger partial charge in [-0.25, -0.2) is 0 Å².